The zero-order valence-electron chi connectivity index (χ0n) is 10.4. The minimum atomic E-state index is -1.10. The summed E-state index contributed by atoms with van der Waals surface area (Å²) in [6.07, 6.45) is 2.15. The first-order chi connectivity index (χ1) is 9.66. The van der Waals surface area contributed by atoms with Crippen LogP contribution >= 0.6 is 11.6 Å². The normalized spacial score (nSPS) is 12.6. The third kappa shape index (κ3) is 2.26. The lowest BCUT2D eigenvalue weighted by Gasteiger charge is -2.14. The molecule has 0 saturated heterocycles. The number of pyridine rings is 1. The van der Waals surface area contributed by atoms with E-state index in [0.29, 0.717) is 10.6 Å². The summed E-state index contributed by atoms with van der Waals surface area (Å²) in [4.78, 5) is 4.10. The lowest BCUT2D eigenvalue weighted by atomic mass is 9.98. The predicted molar refractivity (Wildman–Crippen MR) is 77.2 cm³/mol. The molecular weight excluding hydrogens is 277 g/mol. The molecule has 0 bridgehead atoms. The van der Waals surface area contributed by atoms with Crippen LogP contribution in [0.3, 0.4) is 0 Å². The lowest BCUT2D eigenvalue weighted by Crippen LogP contribution is -2.04. The molecule has 1 N–H and O–H groups in total. The number of rotatable bonds is 2. The molecule has 1 unspecified atom stereocenters. The molecule has 3 aromatic rings. The number of aromatic nitrogens is 1. The maximum atomic E-state index is 13.9. The van der Waals surface area contributed by atoms with E-state index in [1.807, 2.05) is 24.3 Å². The second-order valence-electron chi connectivity index (χ2n) is 4.52. The van der Waals surface area contributed by atoms with Crippen molar-refractivity contribution < 1.29 is 9.50 Å². The molecule has 1 heterocycles. The highest BCUT2D eigenvalue weighted by atomic mass is 35.5. The van der Waals surface area contributed by atoms with Gasteiger partial charge in [-0.15, -0.1) is 0 Å². The van der Waals surface area contributed by atoms with Gasteiger partial charge in [0, 0.05) is 33.9 Å². The third-order valence-corrected chi connectivity index (χ3v) is 3.48. The lowest BCUT2D eigenvalue weighted by molar-refractivity contribution is 0.216. The Morgan fingerprint density at radius 3 is 2.70 bits per heavy atom. The van der Waals surface area contributed by atoms with Gasteiger partial charge in [-0.1, -0.05) is 35.9 Å². The van der Waals surface area contributed by atoms with E-state index in [1.54, 1.807) is 12.4 Å². The maximum absolute atomic E-state index is 13.9. The highest BCUT2D eigenvalue weighted by Gasteiger charge is 2.18. The second kappa shape index (κ2) is 5.19. The van der Waals surface area contributed by atoms with Crippen molar-refractivity contribution in [2.24, 2.45) is 0 Å². The van der Waals surface area contributed by atoms with Crippen molar-refractivity contribution in [3.05, 3.63) is 76.8 Å². The fraction of sp³-hybridized carbons (Fsp3) is 0.0625. The van der Waals surface area contributed by atoms with Gasteiger partial charge in [-0.25, -0.2) is 4.39 Å². The Morgan fingerprint density at radius 2 is 1.85 bits per heavy atom. The Balaban J connectivity index is 2.17. The van der Waals surface area contributed by atoms with E-state index in [2.05, 4.69) is 4.98 Å². The van der Waals surface area contributed by atoms with Gasteiger partial charge in [-0.05, 0) is 23.6 Å². The van der Waals surface area contributed by atoms with Crippen LogP contribution in [-0.4, -0.2) is 10.1 Å². The molecule has 0 saturated carbocycles. The number of hydrogen-bond donors (Lipinski definition) is 1. The van der Waals surface area contributed by atoms with E-state index >= 15 is 0 Å². The van der Waals surface area contributed by atoms with Gasteiger partial charge in [0.15, 0.2) is 0 Å². The Morgan fingerprint density at radius 1 is 1.05 bits per heavy atom. The van der Waals surface area contributed by atoms with Crippen LogP contribution in [0, 0.1) is 5.82 Å². The molecule has 0 aliphatic heterocycles. The van der Waals surface area contributed by atoms with Crippen molar-refractivity contribution in [3.8, 4) is 0 Å². The molecule has 0 spiro atoms. The fourth-order valence-corrected chi connectivity index (χ4v) is 2.43. The highest BCUT2D eigenvalue weighted by molar-refractivity contribution is 6.30. The predicted octanol–water partition coefficient (Wildman–Crippen LogP) is 4.11. The van der Waals surface area contributed by atoms with Crippen LogP contribution in [-0.2, 0) is 0 Å². The van der Waals surface area contributed by atoms with Gasteiger partial charge in [0.2, 0.25) is 0 Å². The topological polar surface area (TPSA) is 33.1 Å². The average molecular weight is 288 g/mol. The van der Waals surface area contributed by atoms with Gasteiger partial charge in [0.05, 0.1) is 0 Å². The summed E-state index contributed by atoms with van der Waals surface area (Å²) < 4.78 is 13.9. The summed E-state index contributed by atoms with van der Waals surface area (Å²) in [5.41, 5.74) is 0.708. The van der Waals surface area contributed by atoms with Crippen molar-refractivity contribution in [1.82, 2.24) is 4.98 Å². The first kappa shape index (κ1) is 13.0. The SMILES string of the molecule is OC(c1cc(Cl)ccc1F)c1cncc2ccccc12. The number of aliphatic hydroxyl groups excluding tert-OH is 1. The van der Waals surface area contributed by atoms with Crippen LogP contribution in [0.1, 0.15) is 17.2 Å². The molecule has 1 atom stereocenters. The number of aliphatic hydroxyl groups is 1. The van der Waals surface area contributed by atoms with Crippen LogP contribution in [0.25, 0.3) is 10.8 Å². The summed E-state index contributed by atoms with van der Waals surface area (Å²) in [6, 6.07) is 11.7. The van der Waals surface area contributed by atoms with Gasteiger partial charge in [-0.3, -0.25) is 4.98 Å². The number of benzene rings is 2. The van der Waals surface area contributed by atoms with E-state index in [1.165, 1.54) is 18.2 Å². The molecule has 0 aliphatic rings. The number of hydrogen-bond acceptors (Lipinski definition) is 2. The quantitative estimate of drug-likeness (QED) is 0.769. The molecule has 3 rings (SSSR count). The fourth-order valence-electron chi connectivity index (χ4n) is 2.25. The molecule has 4 heteroatoms. The smallest absolute Gasteiger partial charge is 0.129 e. The maximum Gasteiger partial charge on any atom is 0.129 e. The van der Waals surface area contributed by atoms with Gasteiger partial charge in [-0.2, -0.15) is 0 Å². The van der Waals surface area contributed by atoms with E-state index in [4.69, 9.17) is 11.6 Å². The minimum absolute atomic E-state index is 0.149. The zero-order valence-corrected chi connectivity index (χ0v) is 11.2. The Bertz CT molecular complexity index is 770. The molecule has 100 valence electrons. The second-order valence-corrected chi connectivity index (χ2v) is 4.95. The first-order valence-corrected chi connectivity index (χ1v) is 6.50. The Kier molecular flexibility index (Phi) is 3.38. The molecule has 2 nitrogen and oxygen atoms in total. The Hall–Kier alpha value is -1.97. The molecule has 2 aromatic carbocycles. The van der Waals surface area contributed by atoms with Crippen LogP contribution in [0.15, 0.2) is 54.9 Å². The van der Waals surface area contributed by atoms with Gasteiger partial charge >= 0.3 is 0 Å². The van der Waals surface area contributed by atoms with E-state index in [0.717, 1.165) is 10.8 Å². The molecule has 0 radical (unpaired) electrons. The van der Waals surface area contributed by atoms with Crippen LogP contribution in [0.2, 0.25) is 5.02 Å². The summed E-state index contributed by atoms with van der Waals surface area (Å²) in [5.74, 6) is -0.491. The van der Waals surface area contributed by atoms with E-state index < -0.39 is 11.9 Å². The van der Waals surface area contributed by atoms with E-state index in [9.17, 15) is 9.50 Å². The zero-order chi connectivity index (χ0) is 14.1. The van der Waals surface area contributed by atoms with E-state index in [-0.39, 0.29) is 5.56 Å². The van der Waals surface area contributed by atoms with Crippen molar-refractivity contribution in [2.75, 3.05) is 0 Å². The first-order valence-electron chi connectivity index (χ1n) is 6.12. The minimum Gasteiger partial charge on any atom is -0.383 e. The highest BCUT2D eigenvalue weighted by Crippen LogP contribution is 2.30. The largest absolute Gasteiger partial charge is 0.383 e. The summed E-state index contributed by atoms with van der Waals surface area (Å²) in [6.45, 7) is 0. The standard InChI is InChI=1S/C16H11ClFNO/c17-11-5-6-15(18)13(7-11)16(20)14-9-19-8-10-3-1-2-4-12(10)14/h1-9,16,20H. The molecule has 0 aliphatic carbocycles. The summed E-state index contributed by atoms with van der Waals surface area (Å²) in [7, 11) is 0. The molecular formula is C16H11ClFNO. The van der Waals surface area contributed by atoms with Crippen LogP contribution in [0.5, 0.6) is 0 Å². The molecule has 20 heavy (non-hydrogen) atoms. The summed E-state index contributed by atoms with van der Waals surface area (Å²) in [5, 5.41) is 12.6. The monoisotopic (exact) mass is 287 g/mol. The van der Waals surface area contributed by atoms with Gasteiger partial charge in [0.1, 0.15) is 11.9 Å². The van der Waals surface area contributed by atoms with Crippen molar-refractivity contribution in [2.45, 2.75) is 6.10 Å². The summed E-state index contributed by atoms with van der Waals surface area (Å²) >= 11 is 5.87. The van der Waals surface area contributed by atoms with Gasteiger partial charge in [0.25, 0.3) is 0 Å². The van der Waals surface area contributed by atoms with Gasteiger partial charge < -0.3 is 5.11 Å². The van der Waals surface area contributed by atoms with Crippen LogP contribution < -0.4 is 0 Å². The third-order valence-electron chi connectivity index (χ3n) is 3.25. The molecule has 0 amide bonds. The number of fused-ring (bicyclic) bond motifs is 1. The Labute approximate surface area is 120 Å². The van der Waals surface area contributed by atoms with Crippen molar-refractivity contribution >= 4 is 22.4 Å². The molecule has 1 aromatic heterocycles. The van der Waals surface area contributed by atoms with Crippen molar-refractivity contribution in [3.63, 3.8) is 0 Å². The average Bonchev–Trinajstić information content (AvgIpc) is 2.48. The number of halogens is 2. The van der Waals surface area contributed by atoms with Crippen LogP contribution in [0.4, 0.5) is 4.39 Å². The number of nitrogens with zero attached hydrogens (tertiary/aromatic N) is 1. The molecule has 0 fully saturated rings. The van der Waals surface area contributed by atoms with Crippen molar-refractivity contribution in [1.29, 1.82) is 0 Å².